The zero-order valence-electron chi connectivity index (χ0n) is 17.4. The normalized spacial score (nSPS) is 16.6. The van der Waals surface area contributed by atoms with Crippen LogP contribution in [-0.2, 0) is 13.1 Å². The Bertz CT molecular complexity index is 1200. The van der Waals surface area contributed by atoms with Gasteiger partial charge in [-0.05, 0) is 49.2 Å². The maximum absolute atomic E-state index is 13.2. The summed E-state index contributed by atoms with van der Waals surface area (Å²) in [6.45, 7) is 5.94. The van der Waals surface area contributed by atoms with Gasteiger partial charge in [0.05, 0.1) is 5.56 Å². The van der Waals surface area contributed by atoms with Gasteiger partial charge in [-0.2, -0.15) is 0 Å². The predicted molar refractivity (Wildman–Crippen MR) is 116 cm³/mol. The third-order valence-corrected chi connectivity index (χ3v) is 5.70. The van der Waals surface area contributed by atoms with Gasteiger partial charge in [-0.3, -0.25) is 9.69 Å². The van der Waals surface area contributed by atoms with E-state index in [-0.39, 0.29) is 17.4 Å². The van der Waals surface area contributed by atoms with E-state index in [1.165, 1.54) is 23.3 Å². The number of ether oxygens (including phenoxy) is 2. The van der Waals surface area contributed by atoms with Crippen LogP contribution in [0.3, 0.4) is 0 Å². The lowest BCUT2D eigenvalue weighted by Crippen LogP contribution is -2.32. The Kier molecular flexibility index (Phi) is 4.83. The fourth-order valence-corrected chi connectivity index (χ4v) is 4.06. The van der Waals surface area contributed by atoms with Crippen LogP contribution in [0.4, 0.5) is 4.39 Å². The van der Waals surface area contributed by atoms with Crippen molar-refractivity contribution in [3.8, 4) is 11.5 Å². The van der Waals surface area contributed by atoms with Gasteiger partial charge < -0.3 is 9.47 Å². The van der Waals surface area contributed by atoms with E-state index >= 15 is 0 Å². The molecular weight excluding hydrogens is 393 g/mol. The van der Waals surface area contributed by atoms with E-state index in [2.05, 4.69) is 36.1 Å². The van der Waals surface area contributed by atoms with Gasteiger partial charge in [-0.1, -0.05) is 42.0 Å². The number of fused-ring (bicyclic) bond motifs is 2. The van der Waals surface area contributed by atoms with Crippen LogP contribution < -0.4 is 9.47 Å². The van der Waals surface area contributed by atoms with Gasteiger partial charge in [0, 0.05) is 24.2 Å². The second kappa shape index (κ2) is 7.67. The molecule has 0 amide bonds. The van der Waals surface area contributed by atoms with Crippen LogP contribution >= 0.6 is 0 Å². The van der Waals surface area contributed by atoms with Crippen molar-refractivity contribution in [2.24, 2.45) is 0 Å². The Hall–Kier alpha value is -3.44. The van der Waals surface area contributed by atoms with Crippen LogP contribution in [0, 0.1) is 19.7 Å². The molecule has 5 heteroatoms. The van der Waals surface area contributed by atoms with Crippen molar-refractivity contribution in [3.63, 3.8) is 0 Å². The quantitative estimate of drug-likeness (QED) is 0.536. The third-order valence-electron chi connectivity index (χ3n) is 5.70. The number of benzene rings is 3. The molecule has 0 saturated heterocycles. The zero-order valence-corrected chi connectivity index (χ0v) is 17.4. The molecule has 0 fully saturated rings. The minimum Gasteiger partial charge on any atom is -0.477 e. The van der Waals surface area contributed by atoms with E-state index < -0.39 is 0 Å². The molecule has 0 aromatic heterocycles. The summed E-state index contributed by atoms with van der Waals surface area (Å²) >= 11 is 0. The lowest BCUT2D eigenvalue weighted by Gasteiger charge is -2.30. The number of Topliss-reactive ketones (excluding diaryl/α,β-unsaturated/α-hetero) is 1. The molecule has 5 rings (SSSR count). The van der Waals surface area contributed by atoms with Crippen LogP contribution in [-0.4, -0.2) is 17.4 Å². The molecule has 0 spiro atoms. The first-order valence-electron chi connectivity index (χ1n) is 10.2. The van der Waals surface area contributed by atoms with Crippen LogP contribution in [0.2, 0.25) is 0 Å². The standard InChI is InChI=1S/C26H22FNO3/c1-16-3-5-19(6-4-16)13-28-14-20-12-22-24(29)23(11-18-7-9-21(27)10-8-18)31-26(22)17(2)25(20)30-15-28/h3-12H,13-15H2,1-2H3/b23-11-. The second-order valence-electron chi connectivity index (χ2n) is 8.10. The first kappa shape index (κ1) is 19.5. The maximum Gasteiger partial charge on any atom is 0.231 e. The van der Waals surface area contributed by atoms with E-state index in [1.54, 1.807) is 18.2 Å². The number of nitrogens with zero attached hydrogens (tertiary/aromatic N) is 1. The van der Waals surface area contributed by atoms with E-state index in [1.807, 2.05) is 13.0 Å². The van der Waals surface area contributed by atoms with Crippen LogP contribution in [0.1, 0.15) is 38.2 Å². The Morgan fingerprint density at radius 2 is 1.77 bits per heavy atom. The van der Waals surface area contributed by atoms with Gasteiger partial charge in [-0.15, -0.1) is 0 Å². The number of ketones is 1. The van der Waals surface area contributed by atoms with E-state index in [0.29, 0.717) is 30.2 Å². The van der Waals surface area contributed by atoms with Crippen LogP contribution in [0.5, 0.6) is 11.5 Å². The minimum atomic E-state index is -0.319. The molecule has 31 heavy (non-hydrogen) atoms. The molecule has 3 aromatic carbocycles. The summed E-state index contributed by atoms with van der Waals surface area (Å²) in [6.07, 6.45) is 1.64. The van der Waals surface area contributed by atoms with Gasteiger partial charge in [0.25, 0.3) is 0 Å². The smallest absolute Gasteiger partial charge is 0.231 e. The molecule has 2 aliphatic heterocycles. The Morgan fingerprint density at radius 1 is 1.03 bits per heavy atom. The van der Waals surface area contributed by atoms with Crippen LogP contribution in [0.25, 0.3) is 6.08 Å². The largest absolute Gasteiger partial charge is 0.477 e. The number of carbonyl (C=O) groups is 1. The molecule has 2 aliphatic rings. The molecule has 0 atom stereocenters. The van der Waals surface area contributed by atoms with Crippen molar-refractivity contribution >= 4 is 11.9 Å². The fraction of sp³-hybridized carbons (Fsp3) is 0.192. The third kappa shape index (κ3) is 3.73. The number of halogens is 1. The molecule has 0 unspecified atom stereocenters. The van der Waals surface area contributed by atoms with Crippen molar-refractivity contribution in [2.75, 3.05) is 6.73 Å². The number of hydrogen-bond donors (Lipinski definition) is 0. The fourth-order valence-electron chi connectivity index (χ4n) is 4.06. The van der Waals surface area contributed by atoms with Crippen molar-refractivity contribution in [1.29, 1.82) is 0 Å². The van der Waals surface area contributed by atoms with Gasteiger partial charge in [0.15, 0.2) is 5.76 Å². The maximum atomic E-state index is 13.2. The highest BCUT2D eigenvalue weighted by Crippen LogP contribution is 2.43. The molecule has 156 valence electrons. The molecule has 2 heterocycles. The highest BCUT2D eigenvalue weighted by molar-refractivity contribution is 6.15. The summed E-state index contributed by atoms with van der Waals surface area (Å²) in [5, 5.41) is 0. The summed E-state index contributed by atoms with van der Waals surface area (Å²) in [5.74, 6) is 1.09. The predicted octanol–water partition coefficient (Wildman–Crippen LogP) is 5.41. The summed E-state index contributed by atoms with van der Waals surface area (Å²) in [4.78, 5) is 15.2. The average molecular weight is 415 g/mol. The first-order valence-corrected chi connectivity index (χ1v) is 10.2. The van der Waals surface area contributed by atoms with Crippen molar-refractivity contribution in [3.05, 3.63) is 99.6 Å². The number of rotatable bonds is 3. The number of allylic oxidation sites excluding steroid dienone is 1. The SMILES string of the molecule is Cc1ccc(CN2COc3c(cc4c(c3C)O/C(=C\c3ccc(F)cc3)C4=O)C2)cc1. The lowest BCUT2D eigenvalue weighted by molar-refractivity contribution is 0.0876. The highest BCUT2D eigenvalue weighted by Gasteiger charge is 2.33. The summed E-state index contributed by atoms with van der Waals surface area (Å²) in [5.41, 5.74) is 5.52. The number of aryl methyl sites for hydroxylation is 1. The number of hydrogen-bond acceptors (Lipinski definition) is 4. The van der Waals surface area contributed by atoms with Gasteiger partial charge in [-0.25, -0.2) is 4.39 Å². The molecule has 4 nitrogen and oxygen atoms in total. The molecule has 0 saturated carbocycles. The molecule has 0 bridgehead atoms. The van der Waals surface area contributed by atoms with E-state index in [9.17, 15) is 9.18 Å². The monoisotopic (exact) mass is 415 g/mol. The molecule has 0 aliphatic carbocycles. The first-order chi connectivity index (χ1) is 15.0. The van der Waals surface area contributed by atoms with Crippen molar-refractivity contribution in [2.45, 2.75) is 26.9 Å². The molecule has 3 aromatic rings. The summed E-state index contributed by atoms with van der Waals surface area (Å²) in [7, 11) is 0. The molecular formula is C26H22FNO3. The summed E-state index contributed by atoms with van der Waals surface area (Å²) in [6, 6.07) is 16.3. The lowest BCUT2D eigenvalue weighted by atomic mass is 9.99. The minimum absolute atomic E-state index is 0.166. The number of carbonyl (C=O) groups excluding carboxylic acids is 1. The van der Waals surface area contributed by atoms with Crippen molar-refractivity contribution in [1.82, 2.24) is 4.90 Å². The zero-order chi connectivity index (χ0) is 21.5. The molecule has 0 radical (unpaired) electrons. The average Bonchev–Trinajstić information content (AvgIpc) is 3.07. The Labute approximate surface area is 180 Å². The second-order valence-corrected chi connectivity index (χ2v) is 8.10. The van der Waals surface area contributed by atoms with Gasteiger partial charge >= 0.3 is 0 Å². The molecule has 0 N–H and O–H groups in total. The van der Waals surface area contributed by atoms with E-state index in [0.717, 1.165) is 23.4 Å². The summed E-state index contributed by atoms with van der Waals surface area (Å²) < 4.78 is 25.1. The van der Waals surface area contributed by atoms with Gasteiger partial charge in [0.2, 0.25) is 5.78 Å². The van der Waals surface area contributed by atoms with Gasteiger partial charge in [0.1, 0.15) is 24.0 Å². The Morgan fingerprint density at radius 3 is 2.52 bits per heavy atom. The Balaban J connectivity index is 1.41. The highest BCUT2D eigenvalue weighted by atomic mass is 19.1. The van der Waals surface area contributed by atoms with Crippen LogP contribution in [0.15, 0.2) is 60.4 Å². The van der Waals surface area contributed by atoms with E-state index in [4.69, 9.17) is 9.47 Å². The topological polar surface area (TPSA) is 38.8 Å². The van der Waals surface area contributed by atoms with Crippen molar-refractivity contribution < 1.29 is 18.7 Å².